The molecule has 0 bridgehead atoms. The van der Waals surface area contributed by atoms with Crippen LogP contribution in [-0.2, 0) is 13.0 Å². The summed E-state index contributed by atoms with van der Waals surface area (Å²) in [7, 11) is 0. The topological polar surface area (TPSA) is 48.1 Å². The molecule has 0 spiro atoms. The predicted molar refractivity (Wildman–Crippen MR) is 83.5 cm³/mol. The lowest BCUT2D eigenvalue weighted by Gasteiger charge is -2.07. The van der Waals surface area contributed by atoms with Crippen molar-refractivity contribution < 1.29 is 4.92 Å². The highest BCUT2D eigenvalue weighted by Crippen LogP contribution is 2.27. The van der Waals surface area contributed by atoms with Crippen LogP contribution < -0.4 is 0 Å². The smallest absolute Gasteiger partial charge is 0.293 e. The third-order valence-corrected chi connectivity index (χ3v) is 3.75. The zero-order chi connectivity index (χ0) is 14.8. The molecule has 0 radical (unpaired) electrons. The highest BCUT2D eigenvalue weighted by Gasteiger charge is 2.15. The van der Waals surface area contributed by atoms with E-state index in [0.29, 0.717) is 12.1 Å². The number of nitro benzene ring substituents is 1. The maximum Gasteiger partial charge on any atom is 0.293 e. The summed E-state index contributed by atoms with van der Waals surface area (Å²) in [5.41, 5.74) is 3.27. The van der Waals surface area contributed by atoms with E-state index >= 15 is 0 Å². The molecule has 0 atom stereocenters. The first-order valence-corrected chi connectivity index (χ1v) is 6.99. The number of fused-ring (bicyclic) bond motifs is 1. The van der Waals surface area contributed by atoms with Crippen LogP contribution in [0.5, 0.6) is 0 Å². The van der Waals surface area contributed by atoms with E-state index in [2.05, 4.69) is 31.2 Å². The number of nitro groups is 1. The molecule has 2 aromatic carbocycles. The summed E-state index contributed by atoms with van der Waals surface area (Å²) >= 11 is 0. The molecule has 0 saturated carbocycles. The normalized spacial score (nSPS) is 10.9. The van der Waals surface area contributed by atoms with Crippen molar-refractivity contribution in [3.8, 4) is 0 Å². The summed E-state index contributed by atoms with van der Waals surface area (Å²) in [5, 5.41) is 12.1. The van der Waals surface area contributed by atoms with Gasteiger partial charge in [0.15, 0.2) is 0 Å². The van der Waals surface area contributed by atoms with Gasteiger partial charge in [-0.1, -0.05) is 43.3 Å². The van der Waals surface area contributed by atoms with E-state index in [9.17, 15) is 10.1 Å². The van der Waals surface area contributed by atoms with Crippen LogP contribution in [0.15, 0.2) is 54.7 Å². The van der Waals surface area contributed by atoms with Crippen LogP contribution in [0.3, 0.4) is 0 Å². The van der Waals surface area contributed by atoms with Gasteiger partial charge in [0, 0.05) is 24.2 Å². The third-order valence-electron chi connectivity index (χ3n) is 3.75. The van der Waals surface area contributed by atoms with Crippen LogP contribution in [0.1, 0.15) is 18.1 Å². The maximum atomic E-state index is 11.2. The molecule has 0 aliphatic heterocycles. The highest BCUT2D eigenvalue weighted by molar-refractivity contribution is 5.88. The molecule has 0 N–H and O–H groups in total. The van der Waals surface area contributed by atoms with Gasteiger partial charge in [0.25, 0.3) is 5.69 Å². The molecular formula is C17H16N2O2. The zero-order valence-electron chi connectivity index (χ0n) is 11.8. The Morgan fingerprint density at radius 3 is 2.43 bits per heavy atom. The van der Waals surface area contributed by atoms with Crippen LogP contribution in [-0.4, -0.2) is 9.49 Å². The van der Waals surface area contributed by atoms with Crippen molar-refractivity contribution >= 4 is 16.6 Å². The number of aryl methyl sites for hydroxylation is 1. The first-order valence-electron chi connectivity index (χ1n) is 6.99. The minimum Gasteiger partial charge on any atom is -0.337 e. The molecule has 4 nitrogen and oxygen atoms in total. The molecule has 3 aromatic rings. The van der Waals surface area contributed by atoms with Gasteiger partial charge in [0.05, 0.1) is 4.92 Å². The molecule has 21 heavy (non-hydrogen) atoms. The summed E-state index contributed by atoms with van der Waals surface area (Å²) in [6.45, 7) is 2.76. The quantitative estimate of drug-likeness (QED) is 0.532. The molecule has 0 unspecified atom stereocenters. The summed E-state index contributed by atoms with van der Waals surface area (Å²) < 4.78 is 1.94. The lowest BCUT2D eigenvalue weighted by Crippen LogP contribution is -2.00. The molecule has 1 aromatic heterocycles. The second-order valence-electron chi connectivity index (χ2n) is 5.09. The first-order chi connectivity index (χ1) is 10.2. The fourth-order valence-corrected chi connectivity index (χ4v) is 2.60. The molecule has 0 saturated heterocycles. The van der Waals surface area contributed by atoms with Crippen LogP contribution >= 0.6 is 0 Å². The van der Waals surface area contributed by atoms with Crippen molar-refractivity contribution in [2.24, 2.45) is 0 Å². The lowest BCUT2D eigenvalue weighted by molar-refractivity contribution is -0.383. The van der Waals surface area contributed by atoms with E-state index in [1.807, 2.05) is 22.9 Å². The van der Waals surface area contributed by atoms with Crippen LogP contribution in [0, 0.1) is 10.1 Å². The number of hydrogen-bond acceptors (Lipinski definition) is 2. The standard InChI is InChI=1S/C17H16N2O2/c1-2-13-6-8-14(9-7-13)12-18-11-10-15-4-3-5-16(17(15)18)19(20)21/h3-11H,2,12H2,1H3. The van der Waals surface area contributed by atoms with E-state index in [1.165, 1.54) is 5.56 Å². The second-order valence-corrected chi connectivity index (χ2v) is 5.09. The monoisotopic (exact) mass is 280 g/mol. The van der Waals surface area contributed by atoms with E-state index in [-0.39, 0.29) is 10.6 Å². The predicted octanol–water partition coefficient (Wildman–Crippen LogP) is 4.16. The summed E-state index contributed by atoms with van der Waals surface area (Å²) in [4.78, 5) is 10.9. The average molecular weight is 280 g/mol. The number of nitrogens with zero attached hydrogens (tertiary/aromatic N) is 2. The lowest BCUT2D eigenvalue weighted by atomic mass is 10.1. The van der Waals surface area contributed by atoms with Gasteiger partial charge in [-0.05, 0) is 23.6 Å². The van der Waals surface area contributed by atoms with Crippen molar-refractivity contribution in [2.75, 3.05) is 0 Å². The Morgan fingerprint density at radius 2 is 1.76 bits per heavy atom. The van der Waals surface area contributed by atoms with E-state index < -0.39 is 0 Å². The Labute approximate surface area is 122 Å². The summed E-state index contributed by atoms with van der Waals surface area (Å²) in [6.07, 6.45) is 2.92. The molecule has 0 amide bonds. The van der Waals surface area contributed by atoms with Gasteiger partial charge >= 0.3 is 0 Å². The van der Waals surface area contributed by atoms with E-state index in [1.54, 1.807) is 12.1 Å². The molecule has 0 aliphatic rings. The highest BCUT2D eigenvalue weighted by atomic mass is 16.6. The molecule has 1 heterocycles. The molecular weight excluding hydrogens is 264 g/mol. The molecule has 106 valence electrons. The third kappa shape index (κ3) is 2.52. The van der Waals surface area contributed by atoms with Crippen molar-refractivity contribution in [1.82, 2.24) is 4.57 Å². The van der Waals surface area contributed by atoms with Crippen molar-refractivity contribution in [2.45, 2.75) is 19.9 Å². The fraction of sp³-hybridized carbons (Fsp3) is 0.176. The van der Waals surface area contributed by atoms with E-state index in [0.717, 1.165) is 17.4 Å². The van der Waals surface area contributed by atoms with Gasteiger partial charge in [-0.15, -0.1) is 0 Å². The largest absolute Gasteiger partial charge is 0.337 e. The Balaban J connectivity index is 2.02. The maximum absolute atomic E-state index is 11.2. The molecule has 0 aliphatic carbocycles. The molecule has 3 rings (SSSR count). The fourth-order valence-electron chi connectivity index (χ4n) is 2.60. The Kier molecular flexibility index (Phi) is 3.44. The number of non-ortho nitro benzene ring substituents is 1. The van der Waals surface area contributed by atoms with E-state index in [4.69, 9.17) is 0 Å². The minimum atomic E-state index is -0.320. The van der Waals surface area contributed by atoms with Crippen molar-refractivity contribution in [3.63, 3.8) is 0 Å². The van der Waals surface area contributed by atoms with Gasteiger partial charge < -0.3 is 4.57 Å². The van der Waals surface area contributed by atoms with Crippen LogP contribution in [0.25, 0.3) is 10.9 Å². The number of hydrogen-bond donors (Lipinski definition) is 0. The Bertz CT molecular complexity index is 788. The van der Waals surface area contributed by atoms with Gasteiger partial charge in [-0.25, -0.2) is 0 Å². The number of rotatable bonds is 4. The Morgan fingerprint density at radius 1 is 1.05 bits per heavy atom. The molecule has 0 fully saturated rings. The van der Waals surface area contributed by atoms with Gasteiger partial charge in [0.1, 0.15) is 5.52 Å². The summed E-state index contributed by atoms with van der Waals surface area (Å²) in [6, 6.07) is 15.5. The Hall–Kier alpha value is -2.62. The van der Waals surface area contributed by atoms with Gasteiger partial charge in [-0.3, -0.25) is 10.1 Å². The average Bonchev–Trinajstić information content (AvgIpc) is 2.91. The summed E-state index contributed by atoms with van der Waals surface area (Å²) in [5.74, 6) is 0. The zero-order valence-corrected chi connectivity index (χ0v) is 11.8. The van der Waals surface area contributed by atoms with Crippen molar-refractivity contribution in [3.05, 3.63) is 76.0 Å². The van der Waals surface area contributed by atoms with Crippen molar-refractivity contribution in [1.29, 1.82) is 0 Å². The number of benzene rings is 2. The van der Waals surface area contributed by atoms with Crippen LogP contribution in [0.2, 0.25) is 0 Å². The first kappa shape index (κ1) is 13.4. The second kappa shape index (κ2) is 5.40. The molecule has 4 heteroatoms. The van der Waals surface area contributed by atoms with Gasteiger partial charge in [-0.2, -0.15) is 0 Å². The van der Waals surface area contributed by atoms with Crippen LogP contribution in [0.4, 0.5) is 5.69 Å². The SMILES string of the molecule is CCc1ccc(Cn2ccc3cccc([N+](=O)[O-])c32)cc1. The van der Waals surface area contributed by atoms with Gasteiger partial charge in [0.2, 0.25) is 0 Å². The minimum absolute atomic E-state index is 0.155. The number of aromatic nitrogens is 1. The number of para-hydroxylation sites is 1.